The molecule has 8 nitrogen and oxygen atoms in total. The molecule has 3 aromatic heterocycles. The first-order valence-corrected chi connectivity index (χ1v) is 11.0. The number of imidazole rings is 1. The van der Waals surface area contributed by atoms with Crippen molar-refractivity contribution in [1.29, 1.82) is 0 Å². The van der Waals surface area contributed by atoms with Gasteiger partial charge in [0.25, 0.3) is 6.43 Å². The highest BCUT2D eigenvalue weighted by atomic mass is 19.3. The molecule has 5 rings (SSSR count). The molecule has 0 radical (unpaired) electrons. The van der Waals surface area contributed by atoms with Crippen molar-refractivity contribution in [1.82, 2.24) is 34.9 Å². The minimum atomic E-state index is -2.44. The number of hydrogen-bond acceptors (Lipinski definition) is 6. The number of aromatic amines is 1. The quantitative estimate of drug-likeness (QED) is 0.396. The molecular formula is C23H26F2N8. The van der Waals surface area contributed by atoms with E-state index in [4.69, 9.17) is 0 Å². The summed E-state index contributed by atoms with van der Waals surface area (Å²) < 4.78 is 26.4. The molecule has 0 saturated carbocycles. The third kappa shape index (κ3) is 4.86. The van der Waals surface area contributed by atoms with E-state index in [2.05, 4.69) is 54.6 Å². The Bertz CT molecular complexity index is 1230. The molecular weight excluding hydrogens is 426 g/mol. The van der Waals surface area contributed by atoms with Crippen molar-refractivity contribution in [2.45, 2.75) is 25.9 Å². The molecule has 33 heavy (non-hydrogen) atoms. The second kappa shape index (κ2) is 9.24. The van der Waals surface area contributed by atoms with Gasteiger partial charge in [0.1, 0.15) is 12.4 Å². The van der Waals surface area contributed by atoms with Gasteiger partial charge in [0.05, 0.1) is 17.2 Å². The summed E-state index contributed by atoms with van der Waals surface area (Å²) in [5.74, 6) is 1.32. The van der Waals surface area contributed by atoms with Gasteiger partial charge >= 0.3 is 0 Å². The van der Waals surface area contributed by atoms with E-state index in [-0.39, 0.29) is 0 Å². The zero-order valence-corrected chi connectivity index (χ0v) is 18.3. The summed E-state index contributed by atoms with van der Waals surface area (Å²) in [5, 5.41) is 10.7. The van der Waals surface area contributed by atoms with Crippen LogP contribution in [0.2, 0.25) is 0 Å². The highest BCUT2D eigenvalue weighted by molar-refractivity contribution is 5.83. The lowest BCUT2D eigenvalue weighted by Crippen LogP contribution is -2.44. The number of alkyl halides is 2. The van der Waals surface area contributed by atoms with Gasteiger partial charge in [-0.15, -0.1) is 0 Å². The number of benzene rings is 1. The number of rotatable bonds is 7. The highest BCUT2D eigenvalue weighted by Gasteiger charge is 2.18. The fraction of sp³-hybridized carbons (Fsp3) is 0.348. The Balaban J connectivity index is 1.33. The summed E-state index contributed by atoms with van der Waals surface area (Å²) in [6.07, 6.45) is 2.59. The topological polar surface area (TPSA) is 86.7 Å². The summed E-state index contributed by atoms with van der Waals surface area (Å²) in [5.41, 5.74) is 4.49. The van der Waals surface area contributed by atoms with Gasteiger partial charge in [0.15, 0.2) is 0 Å². The van der Waals surface area contributed by atoms with E-state index in [0.717, 1.165) is 54.2 Å². The predicted octanol–water partition coefficient (Wildman–Crippen LogP) is 3.80. The standard InChI is InChI=1S/C23H26F2N8/c1-15(32-8-6-26-7-9-32)16-4-5-27-22(11-16)31-23-29-19-3-2-17(10-20(19)30-23)18-12-28-33(13-18)14-21(24)25/h2-5,10-13,15,21,26H,6-9,14H2,1H3,(H2,27,29,30,31). The minimum absolute atomic E-state index is 0.305. The summed E-state index contributed by atoms with van der Waals surface area (Å²) in [7, 11) is 0. The fourth-order valence-corrected chi connectivity index (χ4v) is 4.18. The van der Waals surface area contributed by atoms with Crippen molar-refractivity contribution >= 4 is 22.8 Å². The van der Waals surface area contributed by atoms with Crippen LogP contribution in [0.4, 0.5) is 20.5 Å². The number of aromatic nitrogens is 5. The van der Waals surface area contributed by atoms with E-state index in [1.807, 2.05) is 24.4 Å². The average Bonchev–Trinajstić information content (AvgIpc) is 3.44. The number of nitrogens with zero attached hydrogens (tertiary/aromatic N) is 5. The molecule has 4 aromatic rings. The molecule has 0 amide bonds. The number of hydrogen-bond donors (Lipinski definition) is 3. The average molecular weight is 453 g/mol. The third-order valence-electron chi connectivity index (χ3n) is 5.99. The Morgan fingerprint density at radius 2 is 1.97 bits per heavy atom. The van der Waals surface area contributed by atoms with Crippen LogP contribution in [0.25, 0.3) is 22.2 Å². The monoisotopic (exact) mass is 452 g/mol. The summed E-state index contributed by atoms with van der Waals surface area (Å²) in [6.45, 7) is 5.87. The molecule has 10 heteroatoms. The number of halogens is 2. The van der Waals surface area contributed by atoms with Crippen LogP contribution in [0, 0.1) is 0 Å². The largest absolute Gasteiger partial charge is 0.324 e. The van der Waals surface area contributed by atoms with E-state index in [0.29, 0.717) is 12.0 Å². The first-order valence-electron chi connectivity index (χ1n) is 11.0. The Morgan fingerprint density at radius 1 is 1.12 bits per heavy atom. The maximum atomic E-state index is 12.6. The fourth-order valence-electron chi connectivity index (χ4n) is 4.18. The second-order valence-corrected chi connectivity index (χ2v) is 8.22. The Hall–Kier alpha value is -3.37. The molecule has 1 unspecified atom stereocenters. The van der Waals surface area contributed by atoms with Crippen LogP contribution in [-0.2, 0) is 6.54 Å². The number of piperazine rings is 1. The van der Waals surface area contributed by atoms with E-state index < -0.39 is 13.0 Å². The summed E-state index contributed by atoms with van der Waals surface area (Å²) >= 11 is 0. The van der Waals surface area contributed by atoms with Crippen LogP contribution in [0.5, 0.6) is 0 Å². The number of H-pyrrole nitrogens is 1. The van der Waals surface area contributed by atoms with Gasteiger partial charge in [-0.3, -0.25) is 9.58 Å². The Labute approximate surface area is 190 Å². The molecule has 3 N–H and O–H groups in total. The van der Waals surface area contributed by atoms with Gasteiger partial charge < -0.3 is 15.6 Å². The minimum Gasteiger partial charge on any atom is -0.324 e. The molecule has 1 aromatic carbocycles. The lowest BCUT2D eigenvalue weighted by atomic mass is 10.1. The molecule has 1 aliphatic rings. The van der Waals surface area contributed by atoms with Crippen LogP contribution in [0.15, 0.2) is 48.9 Å². The molecule has 1 saturated heterocycles. The molecule has 0 spiro atoms. The highest BCUT2D eigenvalue weighted by Crippen LogP contribution is 2.26. The summed E-state index contributed by atoms with van der Waals surface area (Å²) in [4.78, 5) is 14.8. The lowest BCUT2D eigenvalue weighted by molar-refractivity contribution is 0.122. The predicted molar refractivity (Wildman–Crippen MR) is 124 cm³/mol. The second-order valence-electron chi connectivity index (χ2n) is 8.22. The van der Waals surface area contributed by atoms with Crippen LogP contribution in [-0.4, -0.2) is 62.2 Å². The lowest BCUT2D eigenvalue weighted by Gasteiger charge is -2.33. The van der Waals surface area contributed by atoms with Crippen LogP contribution >= 0.6 is 0 Å². The van der Waals surface area contributed by atoms with Gasteiger partial charge in [-0.2, -0.15) is 5.10 Å². The van der Waals surface area contributed by atoms with Gasteiger partial charge in [0.2, 0.25) is 5.95 Å². The van der Waals surface area contributed by atoms with Gasteiger partial charge in [-0.05, 0) is 42.3 Å². The van der Waals surface area contributed by atoms with Crippen molar-refractivity contribution in [3.8, 4) is 11.1 Å². The summed E-state index contributed by atoms with van der Waals surface area (Å²) in [6, 6.07) is 10.2. The molecule has 1 fully saturated rings. The number of pyridine rings is 1. The Kier molecular flexibility index (Phi) is 6.01. The smallest absolute Gasteiger partial charge is 0.257 e. The van der Waals surface area contributed by atoms with E-state index in [1.54, 1.807) is 12.4 Å². The number of anilines is 2. The molecule has 1 atom stereocenters. The van der Waals surface area contributed by atoms with Gasteiger partial charge in [-0.25, -0.2) is 18.7 Å². The van der Waals surface area contributed by atoms with E-state index in [9.17, 15) is 8.78 Å². The van der Waals surface area contributed by atoms with Gasteiger partial charge in [-0.1, -0.05) is 6.07 Å². The third-order valence-corrected chi connectivity index (χ3v) is 5.99. The molecule has 1 aliphatic heterocycles. The first-order chi connectivity index (χ1) is 16.0. The Morgan fingerprint density at radius 3 is 2.79 bits per heavy atom. The number of fused-ring (bicyclic) bond motifs is 1. The maximum Gasteiger partial charge on any atom is 0.257 e. The van der Waals surface area contributed by atoms with Gasteiger partial charge in [0, 0.05) is 50.2 Å². The molecule has 4 heterocycles. The number of nitrogens with one attached hydrogen (secondary N) is 3. The SMILES string of the molecule is CC(c1ccnc(Nc2nc3ccc(-c4cnn(CC(F)F)c4)cc3[nH]2)c1)N1CCNCC1. The normalized spacial score (nSPS) is 15.9. The van der Waals surface area contributed by atoms with Crippen molar-refractivity contribution in [2.75, 3.05) is 31.5 Å². The van der Waals surface area contributed by atoms with Crippen LogP contribution in [0.1, 0.15) is 18.5 Å². The zero-order valence-electron chi connectivity index (χ0n) is 18.3. The molecule has 0 bridgehead atoms. The van der Waals surface area contributed by atoms with Crippen LogP contribution in [0.3, 0.4) is 0 Å². The maximum absolute atomic E-state index is 12.6. The van der Waals surface area contributed by atoms with Crippen molar-refractivity contribution < 1.29 is 8.78 Å². The van der Waals surface area contributed by atoms with E-state index >= 15 is 0 Å². The van der Waals surface area contributed by atoms with Crippen molar-refractivity contribution in [3.63, 3.8) is 0 Å². The van der Waals surface area contributed by atoms with Crippen molar-refractivity contribution in [2.24, 2.45) is 0 Å². The molecule has 0 aliphatic carbocycles. The van der Waals surface area contributed by atoms with Crippen LogP contribution < -0.4 is 10.6 Å². The van der Waals surface area contributed by atoms with Crippen molar-refractivity contribution in [3.05, 3.63) is 54.5 Å². The van der Waals surface area contributed by atoms with E-state index in [1.165, 1.54) is 10.2 Å². The first kappa shape index (κ1) is 21.5. The zero-order chi connectivity index (χ0) is 22.8. The molecule has 172 valence electrons.